The number of likely N-dealkylation sites (N-methyl/N-ethyl adjacent to an activating group) is 1. The van der Waals surface area contributed by atoms with Gasteiger partial charge in [0.1, 0.15) is 5.76 Å². The van der Waals surface area contributed by atoms with Gasteiger partial charge in [0.25, 0.3) is 0 Å². The summed E-state index contributed by atoms with van der Waals surface area (Å²) in [4.78, 5) is 13.7. The first-order chi connectivity index (χ1) is 9.06. The van der Waals surface area contributed by atoms with Gasteiger partial charge in [-0.1, -0.05) is 29.3 Å². The highest BCUT2D eigenvalue weighted by Crippen LogP contribution is 2.23. The SMILES string of the molecule is CN(Cc1ccco1)C(=O)Cc1ccc(Cl)c(Cl)c1. The number of nitrogens with zero attached hydrogens (tertiary/aromatic N) is 1. The highest BCUT2D eigenvalue weighted by atomic mass is 35.5. The van der Waals surface area contributed by atoms with Crippen LogP contribution in [-0.4, -0.2) is 17.9 Å². The molecule has 0 radical (unpaired) electrons. The lowest BCUT2D eigenvalue weighted by Crippen LogP contribution is -2.27. The first-order valence-corrected chi connectivity index (χ1v) is 6.52. The van der Waals surface area contributed by atoms with Gasteiger partial charge in [0, 0.05) is 7.05 Å². The lowest BCUT2D eigenvalue weighted by Gasteiger charge is -2.15. The second-order valence-corrected chi connectivity index (χ2v) is 5.07. The summed E-state index contributed by atoms with van der Waals surface area (Å²) in [5, 5.41) is 0.947. The Morgan fingerprint density at radius 2 is 2.05 bits per heavy atom. The van der Waals surface area contributed by atoms with E-state index in [9.17, 15) is 4.79 Å². The summed E-state index contributed by atoms with van der Waals surface area (Å²) < 4.78 is 5.21. The summed E-state index contributed by atoms with van der Waals surface area (Å²) in [6.45, 7) is 0.452. The van der Waals surface area contributed by atoms with Crippen molar-refractivity contribution in [2.75, 3.05) is 7.05 Å². The third-order valence-electron chi connectivity index (χ3n) is 2.74. The van der Waals surface area contributed by atoms with Gasteiger partial charge >= 0.3 is 0 Å². The summed E-state index contributed by atoms with van der Waals surface area (Å²) in [6.07, 6.45) is 1.88. The van der Waals surface area contributed by atoms with Gasteiger partial charge in [0.15, 0.2) is 0 Å². The van der Waals surface area contributed by atoms with E-state index in [1.54, 1.807) is 42.5 Å². The Hall–Kier alpha value is -1.45. The molecular weight excluding hydrogens is 285 g/mol. The van der Waals surface area contributed by atoms with E-state index in [-0.39, 0.29) is 12.3 Å². The molecular formula is C14H13Cl2NO2. The monoisotopic (exact) mass is 297 g/mol. The van der Waals surface area contributed by atoms with Gasteiger partial charge in [0.05, 0.1) is 29.3 Å². The van der Waals surface area contributed by atoms with Crippen molar-refractivity contribution in [3.8, 4) is 0 Å². The second kappa shape index (κ2) is 6.13. The molecule has 19 heavy (non-hydrogen) atoms. The number of rotatable bonds is 4. The molecule has 2 aromatic rings. The summed E-state index contributed by atoms with van der Waals surface area (Å²) in [7, 11) is 1.74. The average Bonchev–Trinajstić information content (AvgIpc) is 2.86. The van der Waals surface area contributed by atoms with Gasteiger partial charge in [0.2, 0.25) is 5.91 Å². The number of hydrogen-bond donors (Lipinski definition) is 0. The summed E-state index contributed by atoms with van der Waals surface area (Å²) in [5.41, 5.74) is 0.839. The van der Waals surface area contributed by atoms with Crippen LogP contribution < -0.4 is 0 Å². The predicted octanol–water partition coefficient (Wildman–Crippen LogP) is 3.79. The third-order valence-corrected chi connectivity index (χ3v) is 3.48. The van der Waals surface area contributed by atoms with E-state index >= 15 is 0 Å². The molecule has 1 amide bonds. The van der Waals surface area contributed by atoms with Gasteiger partial charge in [-0.25, -0.2) is 0 Å². The minimum atomic E-state index is -0.00482. The standard InChI is InChI=1S/C14H13Cl2NO2/c1-17(9-11-3-2-6-19-11)14(18)8-10-4-5-12(15)13(16)7-10/h2-7H,8-9H2,1H3. The molecule has 3 nitrogen and oxygen atoms in total. The first kappa shape index (κ1) is 14.0. The smallest absolute Gasteiger partial charge is 0.227 e. The largest absolute Gasteiger partial charge is 0.467 e. The van der Waals surface area contributed by atoms with E-state index in [1.165, 1.54) is 0 Å². The highest BCUT2D eigenvalue weighted by Gasteiger charge is 2.12. The third kappa shape index (κ3) is 3.75. The Labute approximate surface area is 121 Å². The van der Waals surface area contributed by atoms with Crippen LogP contribution in [-0.2, 0) is 17.8 Å². The van der Waals surface area contributed by atoms with Crippen LogP contribution in [0.4, 0.5) is 0 Å². The zero-order valence-corrected chi connectivity index (χ0v) is 11.9. The van der Waals surface area contributed by atoms with Crippen molar-refractivity contribution in [2.24, 2.45) is 0 Å². The number of amides is 1. The molecule has 0 unspecified atom stereocenters. The van der Waals surface area contributed by atoms with Gasteiger partial charge in [-0.2, -0.15) is 0 Å². The Kier molecular flexibility index (Phi) is 4.51. The van der Waals surface area contributed by atoms with Gasteiger partial charge < -0.3 is 9.32 Å². The van der Waals surface area contributed by atoms with Crippen LogP contribution >= 0.6 is 23.2 Å². The molecule has 0 saturated heterocycles. The van der Waals surface area contributed by atoms with Crippen LogP contribution in [0.2, 0.25) is 10.0 Å². The number of carbonyl (C=O) groups excluding carboxylic acids is 1. The van der Waals surface area contributed by atoms with Gasteiger partial charge in [-0.05, 0) is 29.8 Å². The summed E-state index contributed by atoms with van der Waals surface area (Å²) in [5.74, 6) is 0.750. The van der Waals surface area contributed by atoms with Gasteiger partial charge in [-0.3, -0.25) is 4.79 Å². The molecule has 5 heteroatoms. The van der Waals surface area contributed by atoms with Crippen LogP contribution in [0.3, 0.4) is 0 Å². The Morgan fingerprint density at radius 3 is 2.68 bits per heavy atom. The molecule has 0 aliphatic rings. The van der Waals surface area contributed by atoms with E-state index in [1.807, 2.05) is 6.07 Å². The lowest BCUT2D eigenvalue weighted by molar-refractivity contribution is -0.129. The maximum Gasteiger partial charge on any atom is 0.227 e. The fourth-order valence-corrected chi connectivity index (χ4v) is 2.00. The summed E-state index contributed by atoms with van der Waals surface area (Å²) >= 11 is 11.8. The Balaban J connectivity index is 1.98. The molecule has 1 aromatic carbocycles. The maximum atomic E-state index is 12.0. The van der Waals surface area contributed by atoms with E-state index in [4.69, 9.17) is 27.6 Å². The van der Waals surface area contributed by atoms with E-state index in [0.29, 0.717) is 16.6 Å². The number of furan rings is 1. The minimum Gasteiger partial charge on any atom is -0.467 e. The molecule has 0 fully saturated rings. The lowest BCUT2D eigenvalue weighted by atomic mass is 10.1. The minimum absolute atomic E-state index is 0.00482. The fourth-order valence-electron chi connectivity index (χ4n) is 1.68. The number of hydrogen-bond acceptors (Lipinski definition) is 2. The summed E-state index contributed by atoms with van der Waals surface area (Å²) in [6, 6.07) is 8.84. The molecule has 0 N–H and O–H groups in total. The molecule has 1 aromatic heterocycles. The molecule has 0 atom stereocenters. The Morgan fingerprint density at radius 1 is 1.26 bits per heavy atom. The van der Waals surface area contributed by atoms with E-state index < -0.39 is 0 Å². The predicted molar refractivity (Wildman–Crippen MR) is 75.3 cm³/mol. The van der Waals surface area contributed by atoms with Crippen LogP contribution in [0.25, 0.3) is 0 Å². The number of carbonyl (C=O) groups is 1. The maximum absolute atomic E-state index is 12.0. The molecule has 0 aliphatic heterocycles. The van der Waals surface area contributed by atoms with Crippen molar-refractivity contribution in [3.63, 3.8) is 0 Å². The fraction of sp³-hybridized carbons (Fsp3) is 0.214. The zero-order valence-electron chi connectivity index (χ0n) is 10.4. The van der Waals surface area contributed by atoms with Crippen LogP contribution in [0.1, 0.15) is 11.3 Å². The zero-order chi connectivity index (χ0) is 13.8. The van der Waals surface area contributed by atoms with E-state index in [2.05, 4.69) is 0 Å². The number of halogens is 2. The molecule has 0 saturated carbocycles. The molecule has 0 spiro atoms. The van der Waals surface area contributed by atoms with Crippen molar-refractivity contribution < 1.29 is 9.21 Å². The molecule has 0 aliphatic carbocycles. The van der Waals surface area contributed by atoms with Crippen molar-refractivity contribution in [1.82, 2.24) is 4.90 Å². The van der Waals surface area contributed by atoms with Crippen molar-refractivity contribution >= 4 is 29.1 Å². The first-order valence-electron chi connectivity index (χ1n) is 5.76. The average molecular weight is 298 g/mol. The number of benzene rings is 1. The molecule has 2 rings (SSSR count). The van der Waals surface area contributed by atoms with Crippen LogP contribution in [0, 0.1) is 0 Å². The highest BCUT2D eigenvalue weighted by molar-refractivity contribution is 6.42. The Bertz CT molecular complexity index is 567. The van der Waals surface area contributed by atoms with Crippen LogP contribution in [0.15, 0.2) is 41.0 Å². The molecule has 0 bridgehead atoms. The molecule has 100 valence electrons. The second-order valence-electron chi connectivity index (χ2n) is 4.25. The van der Waals surface area contributed by atoms with Crippen molar-refractivity contribution in [3.05, 3.63) is 58.0 Å². The van der Waals surface area contributed by atoms with Crippen LogP contribution in [0.5, 0.6) is 0 Å². The normalized spacial score (nSPS) is 10.5. The topological polar surface area (TPSA) is 33.5 Å². The van der Waals surface area contributed by atoms with Crippen molar-refractivity contribution in [1.29, 1.82) is 0 Å². The van der Waals surface area contributed by atoms with Crippen molar-refractivity contribution in [2.45, 2.75) is 13.0 Å². The van der Waals surface area contributed by atoms with E-state index in [0.717, 1.165) is 11.3 Å². The van der Waals surface area contributed by atoms with Gasteiger partial charge in [-0.15, -0.1) is 0 Å². The quantitative estimate of drug-likeness (QED) is 0.860. The molecule has 1 heterocycles.